The minimum absolute atomic E-state index is 0.218. The number of carboxylic acid groups (broad SMARTS) is 1. The van der Waals surface area contributed by atoms with Gasteiger partial charge in [-0.25, -0.2) is 4.79 Å². The number of aliphatic carboxylic acids is 1. The van der Waals surface area contributed by atoms with Gasteiger partial charge in [-0.05, 0) is 37.5 Å². The van der Waals surface area contributed by atoms with Crippen LogP contribution in [0.2, 0.25) is 0 Å². The molecule has 0 unspecified atom stereocenters. The van der Waals surface area contributed by atoms with Gasteiger partial charge in [0.1, 0.15) is 5.69 Å². The third kappa shape index (κ3) is 4.50. The van der Waals surface area contributed by atoms with Crippen molar-refractivity contribution in [2.24, 2.45) is 0 Å². The van der Waals surface area contributed by atoms with Gasteiger partial charge in [0.15, 0.2) is 0 Å². The highest BCUT2D eigenvalue weighted by Gasteiger charge is 2.22. The number of pyridine rings is 1. The van der Waals surface area contributed by atoms with Crippen molar-refractivity contribution in [3.05, 3.63) is 35.7 Å². The molecule has 0 fully saturated rings. The van der Waals surface area contributed by atoms with Gasteiger partial charge in [-0.15, -0.1) is 0 Å². The van der Waals surface area contributed by atoms with Crippen LogP contribution in [0.1, 0.15) is 49.7 Å². The number of nitrogens with one attached hydrogen (secondary N) is 1. The molecule has 1 aromatic rings. The summed E-state index contributed by atoms with van der Waals surface area (Å²) >= 11 is 0. The maximum Gasteiger partial charge on any atom is 0.328 e. The van der Waals surface area contributed by atoms with E-state index in [-0.39, 0.29) is 11.4 Å². The zero-order chi connectivity index (χ0) is 15.2. The first-order chi connectivity index (χ1) is 9.40. The van der Waals surface area contributed by atoms with Gasteiger partial charge < -0.3 is 10.4 Å². The lowest BCUT2D eigenvalue weighted by Crippen LogP contribution is -2.45. The number of carboxylic acids is 1. The summed E-state index contributed by atoms with van der Waals surface area (Å²) < 4.78 is 0. The monoisotopic (exact) mass is 276 g/mol. The average molecular weight is 276 g/mol. The summed E-state index contributed by atoms with van der Waals surface area (Å²) in [5, 5.41) is 11.5. The van der Waals surface area contributed by atoms with E-state index in [2.05, 4.69) is 10.3 Å². The molecule has 2 N–H and O–H groups in total. The van der Waals surface area contributed by atoms with Crippen molar-refractivity contribution in [3.63, 3.8) is 0 Å². The molecule has 5 heteroatoms. The van der Waals surface area contributed by atoms with Crippen LogP contribution in [0.4, 0.5) is 0 Å². The summed E-state index contributed by atoms with van der Waals surface area (Å²) in [7, 11) is 0. The van der Waals surface area contributed by atoms with Crippen LogP contribution in [-0.2, 0) is 4.79 Å². The molecule has 1 aromatic heterocycles. The van der Waals surface area contributed by atoms with Crippen LogP contribution in [0, 0.1) is 0 Å². The Balaban J connectivity index is 2.78. The van der Waals surface area contributed by atoms with E-state index in [0.29, 0.717) is 11.3 Å². The van der Waals surface area contributed by atoms with Crippen molar-refractivity contribution in [1.29, 1.82) is 0 Å². The quantitative estimate of drug-likeness (QED) is 0.782. The first-order valence-electron chi connectivity index (χ1n) is 6.60. The molecule has 0 atom stereocenters. The number of hydrogen-bond acceptors (Lipinski definition) is 3. The first-order valence-corrected chi connectivity index (χ1v) is 6.60. The van der Waals surface area contributed by atoms with Gasteiger partial charge in [-0.2, -0.15) is 0 Å². The van der Waals surface area contributed by atoms with Crippen LogP contribution in [-0.4, -0.2) is 27.5 Å². The molecule has 1 amide bonds. The molecule has 5 nitrogen and oxygen atoms in total. The molecule has 0 radical (unpaired) electrons. The number of carbonyl (C=O) groups excluding carboxylic acids is 1. The lowest BCUT2D eigenvalue weighted by atomic mass is 9.95. The van der Waals surface area contributed by atoms with Crippen molar-refractivity contribution in [1.82, 2.24) is 10.3 Å². The van der Waals surface area contributed by atoms with Crippen LogP contribution >= 0.6 is 0 Å². The number of rotatable bonds is 6. The largest absolute Gasteiger partial charge is 0.478 e. The Bertz CT molecular complexity index is 502. The number of amides is 1. The highest BCUT2D eigenvalue weighted by molar-refractivity contribution is 5.93. The predicted octanol–water partition coefficient (Wildman–Crippen LogP) is 2.49. The Hall–Kier alpha value is -2.17. The van der Waals surface area contributed by atoms with Crippen LogP contribution in [0.5, 0.6) is 0 Å². The molecule has 0 bridgehead atoms. The molecule has 0 aromatic carbocycles. The van der Waals surface area contributed by atoms with E-state index < -0.39 is 5.97 Å². The fraction of sp³-hybridized carbons (Fsp3) is 0.400. The lowest BCUT2D eigenvalue weighted by molar-refractivity contribution is -0.131. The SMILES string of the molecule is CCC(C)(CC)NC(=O)c1ccc(/C=C/C(=O)O)cn1. The van der Waals surface area contributed by atoms with Crippen molar-refractivity contribution < 1.29 is 14.7 Å². The second-order valence-corrected chi connectivity index (χ2v) is 4.87. The fourth-order valence-corrected chi connectivity index (χ4v) is 1.57. The Morgan fingerprint density at radius 2 is 2.00 bits per heavy atom. The summed E-state index contributed by atoms with van der Waals surface area (Å²) in [4.78, 5) is 26.5. The number of hydrogen-bond donors (Lipinski definition) is 2. The van der Waals surface area contributed by atoms with Crippen LogP contribution in [0.25, 0.3) is 6.08 Å². The highest BCUT2D eigenvalue weighted by atomic mass is 16.4. The topological polar surface area (TPSA) is 79.3 Å². The van der Waals surface area contributed by atoms with Crippen molar-refractivity contribution in [2.45, 2.75) is 39.2 Å². The normalized spacial score (nSPS) is 11.6. The molecule has 1 rings (SSSR count). The second kappa shape index (κ2) is 6.84. The Morgan fingerprint density at radius 3 is 2.45 bits per heavy atom. The first kappa shape index (κ1) is 15.9. The Morgan fingerprint density at radius 1 is 1.35 bits per heavy atom. The van der Waals surface area contributed by atoms with E-state index >= 15 is 0 Å². The molecule has 20 heavy (non-hydrogen) atoms. The van der Waals surface area contributed by atoms with Gasteiger partial charge >= 0.3 is 5.97 Å². The molecule has 1 heterocycles. The molecule has 0 saturated heterocycles. The summed E-state index contributed by atoms with van der Waals surface area (Å²) in [6.07, 6.45) is 5.62. The van der Waals surface area contributed by atoms with Gasteiger partial charge in [0.25, 0.3) is 5.91 Å². The molecule has 0 spiro atoms. The maximum atomic E-state index is 12.1. The predicted molar refractivity (Wildman–Crippen MR) is 77.4 cm³/mol. The van der Waals surface area contributed by atoms with E-state index in [9.17, 15) is 9.59 Å². The van der Waals surface area contributed by atoms with Gasteiger partial charge in [-0.1, -0.05) is 19.9 Å². The average Bonchev–Trinajstić information content (AvgIpc) is 2.45. The highest BCUT2D eigenvalue weighted by Crippen LogP contribution is 2.14. The fourth-order valence-electron chi connectivity index (χ4n) is 1.57. The van der Waals surface area contributed by atoms with Crippen LogP contribution in [0.3, 0.4) is 0 Å². The summed E-state index contributed by atoms with van der Waals surface area (Å²) in [6, 6.07) is 3.25. The van der Waals surface area contributed by atoms with Gasteiger partial charge in [0.05, 0.1) is 0 Å². The molecule has 108 valence electrons. The summed E-state index contributed by atoms with van der Waals surface area (Å²) in [5.41, 5.74) is 0.726. The van der Waals surface area contributed by atoms with E-state index in [4.69, 9.17) is 5.11 Å². The van der Waals surface area contributed by atoms with E-state index in [1.807, 2.05) is 20.8 Å². The van der Waals surface area contributed by atoms with Crippen LogP contribution in [0.15, 0.2) is 24.4 Å². The number of aromatic nitrogens is 1. The zero-order valence-electron chi connectivity index (χ0n) is 12.0. The van der Waals surface area contributed by atoms with Gasteiger partial charge in [0.2, 0.25) is 0 Å². The van der Waals surface area contributed by atoms with Crippen molar-refractivity contribution in [2.75, 3.05) is 0 Å². The van der Waals surface area contributed by atoms with Gasteiger partial charge in [-0.3, -0.25) is 9.78 Å². The van der Waals surface area contributed by atoms with E-state index in [0.717, 1.165) is 18.9 Å². The summed E-state index contributed by atoms with van der Waals surface area (Å²) in [5.74, 6) is -1.24. The van der Waals surface area contributed by atoms with Gasteiger partial charge in [0, 0.05) is 17.8 Å². The smallest absolute Gasteiger partial charge is 0.328 e. The Labute approximate surface area is 118 Å². The van der Waals surface area contributed by atoms with Crippen LogP contribution < -0.4 is 5.32 Å². The molecular weight excluding hydrogens is 256 g/mol. The standard InChI is InChI=1S/C15H20N2O3/c1-4-15(3,5-2)17-14(20)12-8-6-11(10-16-12)7-9-13(18)19/h6-10H,4-5H2,1-3H3,(H,17,20)(H,18,19)/b9-7+. The number of nitrogens with zero attached hydrogens (tertiary/aromatic N) is 1. The number of carbonyl (C=O) groups is 2. The zero-order valence-corrected chi connectivity index (χ0v) is 12.0. The molecule has 0 aliphatic heterocycles. The maximum absolute atomic E-state index is 12.1. The molecule has 0 aliphatic rings. The third-order valence-electron chi connectivity index (χ3n) is 3.41. The minimum atomic E-state index is -1.02. The van der Waals surface area contributed by atoms with E-state index in [1.165, 1.54) is 12.3 Å². The van der Waals surface area contributed by atoms with Crippen molar-refractivity contribution >= 4 is 18.0 Å². The lowest BCUT2D eigenvalue weighted by Gasteiger charge is -2.27. The minimum Gasteiger partial charge on any atom is -0.478 e. The van der Waals surface area contributed by atoms with E-state index in [1.54, 1.807) is 12.1 Å². The van der Waals surface area contributed by atoms with Crippen molar-refractivity contribution in [3.8, 4) is 0 Å². The molecular formula is C15H20N2O3. The Kier molecular flexibility index (Phi) is 5.43. The third-order valence-corrected chi connectivity index (χ3v) is 3.41. The summed E-state index contributed by atoms with van der Waals surface area (Å²) in [6.45, 7) is 6.04. The molecule has 0 saturated carbocycles. The molecule has 0 aliphatic carbocycles. The second-order valence-electron chi connectivity index (χ2n) is 4.87.